The summed E-state index contributed by atoms with van der Waals surface area (Å²) in [6, 6.07) is 5.29. The van der Waals surface area contributed by atoms with E-state index in [0.29, 0.717) is 6.54 Å². The summed E-state index contributed by atoms with van der Waals surface area (Å²) in [6.45, 7) is -0.0751. The van der Waals surface area contributed by atoms with Gasteiger partial charge in [-0.3, -0.25) is 4.79 Å². The summed E-state index contributed by atoms with van der Waals surface area (Å²) in [4.78, 5) is 11.8. The number of carbonyl (C=O) groups is 1. The van der Waals surface area contributed by atoms with Gasteiger partial charge in [-0.15, -0.1) is 0 Å². The van der Waals surface area contributed by atoms with Gasteiger partial charge in [0.2, 0.25) is 9.84 Å². The Hall–Kier alpha value is -1.70. The van der Waals surface area contributed by atoms with Gasteiger partial charge in [0.05, 0.1) is 10.6 Å². The van der Waals surface area contributed by atoms with Crippen LogP contribution in [0.2, 0.25) is 0 Å². The first-order chi connectivity index (χ1) is 9.82. The molecule has 0 bridgehead atoms. The molecule has 21 heavy (non-hydrogen) atoms. The van der Waals surface area contributed by atoms with Gasteiger partial charge in [-0.05, 0) is 30.9 Å². The minimum Gasteiger partial charge on any atom is -0.480 e. The number of alkyl halides is 2. The van der Waals surface area contributed by atoms with Crippen LogP contribution in [0, 0.1) is 5.92 Å². The molecule has 1 fully saturated rings. The summed E-state index contributed by atoms with van der Waals surface area (Å²) >= 11 is 0. The Morgan fingerprint density at radius 2 is 1.95 bits per heavy atom. The highest BCUT2D eigenvalue weighted by molar-refractivity contribution is 7.91. The standard InChI is InChI=1S/C13H15F2NO4S/c14-13(15)21(19,20)11-4-2-1-3-10(11)16(8-12(17)18)7-9-5-6-9/h1-4,9,13H,5-8H2,(H,17,18). The summed E-state index contributed by atoms with van der Waals surface area (Å²) in [5.74, 6) is -4.39. The molecule has 0 spiro atoms. The van der Waals surface area contributed by atoms with Gasteiger partial charge in [0, 0.05) is 6.54 Å². The van der Waals surface area contributed by atoms with Crippen LogP contribution in [0.1, 0.15) is 12.8 Å². The highest BCUT2D eigenvalue weighted by atomic mass is 32.2. The number of para-hydroxylation sites is 1. The summed E-state index contributed by atoms with van der Waals surface area (Å²) in [7, 11) is -4.77. The molecule has 0 aliphatic heterocycles. The van der Waals surface area contributed by atoms with Crippen LogP contribution < -0.4 is 4.90 Å². The zero-order chi connectivity index (χ0) is 15.6. The van der Waals surface area contributed by atoms with E-state index in [9.17, 15) is 22.0 Å². The molecule has 0 aromatic heterocycles. The predicted octanol–water partition coefficient (Wildman–Crippen LogP) is 1.98. The highest BCUT2D eigenvalue weighted by Gasteiger charge is 2.32. The van der Waals surface area contributed by atoms with E-state index in [2.05, 4.69) is 0 Å². The molecule has 1 aliphatic rings. The molecule has 0 heterocycles. The van der Waals surface area contributed by atoms with Crippen molar-refractivity contribution in [2.75, 3.05) is 18.0 Å². The van der Waals surface area contributed by atoms with E-state index in [0.717, 1.165) is 18.9 Å². The van der Waals surface area contributed by atoms with E-state index in [1.165, 1.54) is 23.1 Å². The first-order valence-corrected chi connectivity index (χ1v) is 7.95. The van der Waals surface area contributed by atoms with E-state index < -0.39 is 33.0 Å². The van der Waals surface area contributed by atoms with Crippen molar-refractivity contribution in [1.82, 2.24) is 0 Å². The number of halogens is 2. The predicted molar refractivity (Wildman–Crippen MR) is 72.2 cm³/mol. The van der Waals surface area contributed by atoms with E-state index >= 15 is 0 Å². The molecule has 2 rings (SSSR count). The van der Waals surface area contributed by atoms with Gasteiger partial charge in [-0.2, -0.15) is 8.78 Å². The Labute approximate surface area is 121 Å². The second kappa shape index (κ2) is 5.97. The van der Waals surface area contributed by atoms with Gasteiger partial charge in [-0.1, -0.05) is 12.1 Å². The van der Waals surface area contributed by atoms with Crippen LogP contribution in [0.3, 0.4) is 0 Å². The molecule has 0 radical (unpaired) electrons. The number of sulfone groups is 1. The van der Waals surface area contributed by atoms with E-state index in [1.807, 2.05) is 0 Å². The van der Waals surface area contributed by atoms with Crippen LogP contribution in [0.25, 0.3) is 0 Å². The average Bonchev–Trinajstić information content (AvgIpc) is 3.21. The number of hydrogen-bond acceptors (Lipinski definition) is 4. The zero-order valence-electron chi connectivity index (χ0n) is 11.1. The minimum atomic E-state index is -4.77. The van der Waals surface area contributed by atoms with Crippen molar-refractivity contribution < 1.29 is 27.1 Å². The Morgan fingerprint density at radius 3 is 2.48 bits per heavy atom. The molecule has 1 aliphatic carbocycles. The van der Waals surface area contributed by atoms with Gasteiger partial charge in [0.15, 0.2) is 0 Å². The van der Waals surface area contributed by atoms with E-state index in [4.69, 9.17) is 5.11 Å². The Morgan fingerprint density at radius 1 is 1.33 bits per heavy atom. The van der Waals surface area contributed by atoms with Gasteiger partial charge in [0.1, 0.15) is 6.54 Å². The first kappa shape index (κ1) is 15.7. The fourth-order valence-corrected chi connectivity index (χ4v) is 3.03. The van der Waals surface area contributed by atoms with Crippen molar-refractivity contribution >= 4 is 21.5 Å². The zero-order valence-corrected chi connectivity index (χ0v) is 11.9. The second-order valence-electron chi connectivity index (χ2n) is 4.99. The van der Waals surface area contributed by atoms with Crippen molar-refractivity contribution in [3.63, 3.8) is 0 Å². The topological polar surface area (TPSA) is 74.7 Å². The maximum absolute atomic E-state index is 12.8. The molecule has 0 unspecified atom stereocenters. The molecule has 5 nitrogen and oxygen atoms in total. The first-order valence-electron chi connectivity index (χ1n) is 6.40. The Bertz CT molecular complexity index is 629. The van der Waals surface area contributed by atoms with Crippen molar-refractivity contribution in [1.29, 1.82) is 0 Å². The smallest absolute Gasteiger partial charge is 0.341 e. The lowest BCUT2D eigenvalue weighted by Gasteiger charge is -2.25. The molecule has 0 atom stereocenters. The normalized spacial score (nSPS) is 15.2. The minimum absolute atomic E-state index is 0.0205. The summed E-state index contributed by atoms with van der Waals surface area (Å²) in [6.07, 6.45) is 1.86. The number of rotatable bonds is 7. The molecule has 1 N–H and O–H groups in total. The monoisotopic (exact) mass is 319 g/mol. The number of benzene rings is 1. The number of hydrogen-bond donors (Lipinski definition) is 1. The fourth-order valence-electron chi connectivity index (χ4n) is 2.08. The lowest BCUT2D eigenvalue weighted by Crippen LogP contribution is -2.33. The molecule has 1 saturated carbocycles. The maximum Gasteiger partial charge on any atom is 0.341 e. The number of aliphatic carboxylic acids is 1. The molecule has 1 aromatic rings. The average molecular weight is 319 g/mol. The quantitative estimate of drug-likeness (QED) is 0.832. The summed E-state index contributed by atoms with van der Waals surface area (Å²) in [5, 5.41) is 8.94. The number of nitrogens with zero attached hydrogens (tertiary/aromatic N) is 1. The Kier molecular flexibility index (Phi) is 4.46. The lowest BCUT2D eigenvalue weighted by molar-refractivity contribution is -0.135. The van der Waals surface area contributed by atoms with Gasteiger partial charge < -0.3 is 10.0 Å². The van der Waals surface area contributed by atoms with Crippen LogP contribution in [0.5, 0.6) is 0 Å². The molecule has 0 saturated heterocycles. The molecule has 116 valence electrons. The molecule has 1 aromatic carbocycles. The fraction of sp³-hybridized carbons (Fsp3) is 0.462. The number of carboxylic acids is 1. The van der Waals surface area contributed by atoms with Crippen molar-refractivity contribution in [3.8, 4) is 0 Å². The van der Waals surface area contributed by atoms with Crippen LogP contribution >= 0.6 is 0 Å². The largest absolute Gasteiger partial charge is 0.480 e. The van der Waals surface area contributed by atoms with Gasteiger partial charge >= 0.3 is 11.7 Å². The maximum atomic E-state index is 12.8. The van der Waals surface area contributed by atoms with Gasteiger partial charge in [0.25, 0.3) is 0 Å². The van der Waals surface area contributed by atoms with Crippen molar-refractivity contribution in [3.05, 3.63) is 24.3 Å². The SMILES string of the molecule is O=C(O)CN(CC1CC1)c1ccccc1S(=O)(=O)C(F)F. The van der Waals surface area contributed by atoms with Crippen molar-refractivity contribution in [2.45, 2.75) is 23.5 Å². The third-order valence-electron chi connectivity index (χ3n) is 3.25. The molecule has 0 amide bonds. The third kappa shape index (κ3) is 3.69. The lowest BCUT2D eigenvalue weighted by atomic mass is 10.2. The van der Waals surface area contributed by atoms with Crippen LogP contribution in [-0.2, 0) is 14.6 Å². The van der Waals surface area contributed by atoms with Crippen LogP contribution in [0.4, 0.5) is 14.5 Å². The summed E-state index contributed by atoms with van der Waals surface area (Å²) < 4.78 is 49.0. The summed E-state index contributed by atoms with van der Waals surface area (Å²) in [5.41, 5.74) is 0.0205. The van der Waals surface area contributed by atoms with Crippen molar-refractivity contribution in [2.24, 2.45) is 5.92 Å². The van der Waals surface area contributed by atoms with E-state index in [-0.39, 0.29) is 11.6 Å². The van der Waals surface area contributed by atoms with E-state index in [1.54, 1.807) is 0 Å². The highest BCUT2D eigenvalue weighted by Crippen LogP contribution is 2.34. The van der Waals surface area contributed by atoms with Crippen LogP contribution in [-0.4, -0.2) is 38.3 Å². The number of carboxylic acid groups (broad SMARTS) is 1. The third-order valence-corrected chi connectivity index (χ3v) is 4.68. The second-order valence-corrected chi connectivity index (χ2v) is 6.88. The molecular formula is C13H15F2NO4S. The number of anilines is 1. The molecular weight excluding hydrogens is 304 g/mol. The molecule has 8 heteroatoms. The van der Waals surface area contributed by atoms with Crippen LogP contribution in [0.15, 0.2) is 29.2 Å². The van der Waals surface area contributed by atoms with Gasteiger partial charge in [-0.25, -0.2) is 8.42 Å². The Balaban J connectivity index is 2.42.